The average Bonchev–Trinajstić information content (AvgIpc) is 3.73. The summed E-state index contributed by atoms with van der Waals surface area (Å²) in [6.07, 6.45) is 0. The molecule has 10 aromatic carbocycles. The van der Waals surface area contributed by atoms with Crippen LogP contribution in [0.1, 0.15) is 0 Å². The van der Waals surface area contributed by atoms with Crippen LogP contribution in [0.25, 0.3) is 88.3 Å². The van der Waals surface area contributed by atoms with Gasteiger partial charge in [0.25, 0.3) is 0 Å². The van der Waals surface area contributed by atoms with Gasteiger partial charge in [0, 0.05) is 33.1 Å². The summed E-state index contributed by atoms with van der Waals surface area (Å²) in [5.74, 6) is 0. The van der Waals surface area contributed by atoms with Gasteiger partial charge in [-0.05, 0) is 97.9 Å². The van der Waals surface area contributed by atoms with Gasteiger partial charge in [-0.1, -0.05) is 194 Å². The molecule has 0 bridgehead atoms. The largest absolute Gasteiger partial charge is 0.455 e. The second-order valence-corrected chi connectivity index (χ2v) is 15.3. The predicted molar refractivity (Wildman–Crippen MR) is 253 cm³/mol. The van der Waals surface area contributed by atoms with Crippen LogP contribution in [0.2, 0.25) is 0 Å². The number of anilines is 3. The maximum atomic E-state index is 6.66. The zero-order valence-electron chi connectivity index (χ0n) is 32.9. The Balaban J connectivity index is 1.02. The van der Waals surface area contributed by atoms with E-state index in [1.807, 2.05) is 0 Å². The lowest BCUT2D eigenvalue weighted by Gasteiger charge is -2.28. The Kier molecular flexibility index (Phi) is 8.87. The molecule has 0 saturated heterocycles. The first-order valence-electron chi connectivity index (χ1n) is 20.5. The highest BCUT2D eigenvalue weighted by Gasteiger charge is 2.21. The van der Waals surface area contributed by atoms with Gasteiger partial charge in [0.2, 0.25) is 0 Å². The van der Waals surface area contributed by atoms with Crippen molar-refractivity contribution in [3.63, 3.8) is 0 Å². The summed E-state index contributed by atoms with van der Waals surface area (Å²) in [5, 5.41) is 4.53. The van der Waals surface area contributed by atoms with Gasteiger partial charge in [-0.15, -0.1) is 0 Å². The number of rotatable bonds is 8. The SMILES string of the molecule is c1ccc(-c2ccc(-c3ccc(N(c4ccc(-c5ccc(-c6ccccc6)cc5)cc4)c4ccccc4-c4cccc5oc6c7ccccc7ccc6c45)cc3)cc2)cc1. The Morgan fingerprint density at radius 2 is 0.717 bits per heavy atom. The van der Waals surface area contributed by atoms with E-state index in [0.29, 0.717) is 0 Å². The van der Waals surface area contributed by atoms with Crippen molar-refractivity contribution < 1.29 is 4.42 Å². The van der Waals surface area contributed by atoms with E-state index in [1.165, 1.54) is 49.9 Å². The second-order valence-electron chi connectivity index (χ2n) is 15.3. The number of benzene rings is 10. The Hall–Kier alpha value is -7.94. The molecule has 60 heavy (non-hydrogen) atoms. The fourth-order valence-electron chi connectivity index (χ4n) is 8.68. The molecule has 0 N–H and O–H groups in total. The molecule has 11 rings (SSSR count). The third-order valence-corrected chi connectivity index (χ3v) is 11.7. The van der Waals surface area contributed by atoms with Gasteiger partial charge in [-0.25, -0.2) is 0 Å². The van der Waals surface area contributed by atoms with E-state index in [0.717, 1.165) is 55.5 Å². The zero-order chi connectivity index (χ0) is 39.8. The van der Waals surface area contributed by atoms with Gasteiger partial charge >= 0.3 is 0 Å². The monoisotopic (exact) mass is 765 g/mol. The van der Waals surface area contributed by atoms with Crippen molar-refractivity contribution in [3.8, 4) is 55.6 Å². The number of furan rings is 1. The normalized spacial score (nSPS) is 11.3. The molecule has 2 nitrogen and oxygen atoms in total. The molecule has 0 saturated carbocycles. The summed E-state index contributed by atoms with van der Waals surface area (Å²) >= 11 is 0. The lowest BCUT2D eigenvalue weighted by Crippen LogP contribution is -2.11. The van der Waals surface area contributed by atoms with Crippen LogP contribution in [0, 0.1) is 0 Å². The van der Waals surface area contributed by atoms with Crippen LogP contribution >= 0.6 is 0 Å². The summed E-state index contributed by atoms with van der Waals surface area (Å²) in [7, 11) is 0. The van der Waals surface area contributed by atoms with Crippen LogP contribution in [-0.2, 0) is 0 Å². The van der Waals surface area contributed by atoms with Gasteiger partial charge in [-0.2, -0.15) is 0 Å². The van der Waals surface area contributed by atoms with Crippen LogP contribution < -0.4 is 4.90 Å². The summed E-state index contributed by atoms with van der Waals surface area (Å²) in [6, 6.07) is 84.7. The summed E-state index contributed by atoms with van der Waals surface area (Å²) in [5.41, 5.74) is 16.8. The summed E-state index contributed by atoms with van der Waals surface area (Å²) in [6.45, 7) is 0. The van der Waals surface area contributed by atoms with Crippen LogP contribution in [0.15, 0.2) is 241 Å². The zero-order valence-corrected chi connectivity index (χ0v) is 32.9. The van der Waals surface area contributed by atoms with Crippen molar-refractivity contribution in [3.05, 3.63) is 237 Å². The third kappa shape index (κ3) is 6.41. The van der Waals surface area contributed by atoms with Crippen molar-refractivity contribution in [2.24, 2.45) is 0 Å². The van der Waals surface area contributed by atoms with E-state index in [2.05, 4.69) is 241 Å². The number of hydrogen-bond donors (Lipinski definition) is 0. The molecule has 1 aromatic heterocycles. The molecule has 0 amide bonds. The number of hydrogen-bond acceptors (Lipinski definition) is 2. The van der Waals surface area contributed by atoms with Gasteiger partial charge in [-0.3, -0.25) is 0 Å². The van der Waals surface area contributed by atoms with Crippen LogP contribution in [-0.4, -0.2) is 0 Å². The molecule has 0 aliphatic rings. The van der Waals surface area contributed by atoms with Crippen molar-refractivity contribution >= 4 is 49.8 Å². The summed E-state index contributed by atoms with van der Waals surface area (Å²) in [4.78, 5) is 2.39. The lowest BCUT2D eigenvalue weighted by molar-refractivity contribution is 0.673. The van der Waals surface area contributed by atoms with Gasteiger partial charge in [0.05, 0.1) is 5.69 Å². The Bertz CT molecular complexity index is 3130. The standard InChI is InChI=1S/C58H39NO/c1-3-12-40(13-4-1)42-22-26-44(27-23-42)46-30-35-49(36-31-46)59(50-37-32-47(33-38-50)45-28-24-43(25-29-45)41-14-5-2-6-15-41)55-20-10-9-18-52(55)53-19-11-21-56-57(53)54-39-34-48-16-7-8-17-51(48)58(54)60-56/h1-39H. The Labute approximate surface area is 349 Å². The van der Waals surface area contributed by atoms with Crippen molar-refractivity contribution in [2.45, 2.75) is 0 Å². The first-order chi connectivity index (χ1) is 29.7. The first kappa shape index (κ1) is 35.2. The molecule has 0 unspecified atom stereocenters. The van der Waals surface area contributed by atoms with Crippen LogP contribution in [0.3, 0.4) is 0 Å². The molecule has 0 aliphatic heterocycles. The van der Waals surface area contributed by atoms with Gasteiger partial charge in [0.1, 0.15) is 11.2 Å². The minimum absolute atomic E-state index is 0.880. The maximum Gasteiger partial charge on any atom is 0.143 e. The Morgan fingerprint density at radius 1 is 0.283 bits per heavy atom. The third-order valence-electron chi connectivity index (χ3n) is 11.7. The predicted octanol–water partition coefficient (Wildman–Crippen LogP) is 16.5. The van der Waals surface area contributed by atoms with E-state index in [4.69, 9.17) is 4.42 Å². The number of para-hydroxylation sites is 1. The molecule has 11 aromatic rings. The van der Waals surface area contributed by atoms with Crippen molar-refractivity contribution in [2.75, 3.05) is 4.90 Å². The first-order valence-corrected chi connectivity index (χ1v) is 20.5. The molecule has 2 heteroatoms. The minimum Gasteiger partial charge on any atom is -0.455 e. The molecular weight excluding hydrogens is 727 g/mol. The maximum absolute atomic E-state index is 6.66. The minimum atomic E-state index is 0.880. The summed E-state index contributed by atoms with van der Waals surface area (Å²) < 4.78 is 6.66. The molecule has 0 radical (unpaired) electrons. The number of nitrogens with zero attached hydrogens (tertiary/aromatic N) is 1. The van der Waals surface area contributed by atoms with Crippen LogP contribution in [0.4, 0.5) is 17.1 Å². The van der Waals surface area contributed by atoms with Crippen LogP contribution in [0.5, 0.6) is 0 Å². The van der Waals surface area contributed by atoms with E-state index in [9.17, 15) is 0 Å². The van der Waals surface area contributed by atoms with E-state index < -0.39 is 0 Å². The second kappa shape index (κ2) is 15.1. The molecule has 0 aliphatic carbocycles. The highest BCUT2D eigenvalue weighted by Crippen LogP contribution is 2.46. The van der Waals surface area contributed by atoms with E-state index in [-0.39, 0.29) is 0 Å². The molecule has 1 heterocycles. The topological polar surface area (TPSA) is 16.4 Å². The highest BCUT2D eigenvalue weighted by molar-refractivity contribution is 6.19. The fourth-order valence-corrected chi connectivity index (χ4v) is 8.68. The molecule has 282 valence electrons. The van der Waals surface area contributed by atoms with Gasteiger partial charge < -0.3 is 9.32 Å². The van der Waals surface area contributed by atoms with Crippen molar-refractivity contribution in [1.29, 1.82) is 0 Å². The molecular formula is C58H39NO. The lowest BCUT2D eigenvalue weighted by atomic mass is 9.95. The average molecular weight is 766 g/mol. The highest BCUT2D eigenvalue weighted by atomic mass is 16.3. The molecule has 0 atom stereocenters. The fraction of sp³-hybridized carbons (Fsp3) is 0. The Morgan fingerprint density at radius 3 is 1.27 bits per heavy atom. The molecule has 0 fully saturated rings. The number of fused-ring (bicyclic) bond motifs is 5. The van der Waals surface area contributed by atoms with E-state index >= 15 is 0 Å². The smallest absolute Gasteiger partial charge is 0.143 e. The molecule has 0 spiro atoms. The van der Waals surface area contributed by atoms with E-state index in [1.54, 1.807) is 0 Å². The van der Waals surface area contributed by atoms with Crippen molar-refractivity contribution in [1.82, 2.24) is 0 Å². The quantitative estimate of drug-likeness (QED) is 0.153. The van der Waals surface area contributed by atoms with Gasteiger partial charge in [0.15, 0.2) is 0 Å².